The Kier molecular flexibility index (Phi) is 3.05. The summed E-state index contributed by atoms with van der Waals surface area (Å²) < 4.78 is 1.98. The minimum absolute atomic E-state index is 0.731. The molecule has 0 aliphatic carbocycles. The number of aryl methyl sites for hydroxylation is 2. The zero-order chi connectivity index (χ0) is 12.4. The molecule has 94 valence electrons. The molecule has 1 aromatic carbocycles. The van der Waals surface area contributed by atoms with Gasteiger partial charge in [0.1, 0.15) is 0 Å². The van der Waals surface area contributed by atoms with Crippen LogP contribution in [0.25, 0.3) is 0 Å². The van der Waals surface area contributed by atoms with Crippen molar-refractivity contribution in [1.82, 2.24) is 9.78 Å². The third kappa shape index (κ3) is 2.26. The van der Waals surface area contributed by atoms with Crippen LogP contribution in [0.4, 0.5) is 5.69 Å². The normalized spacial score (nSPS) is 18.2. The summed E-state index contributed by atoms with van der Waals surface area (Å²) in [6.07, 6.45) is 5.41. The van der Waals surface area contributed by atoms with Gasteiger partial charge in [0.25, 0.3) is 0 Å². The highest BCUT2D eigenvalue weighted by Crippen LogP contribution is 2.26. The van der Waals surface area contributed by atoms with Gasteiger partial charge in [-0.25, -0.2) is 0 Å². The van der Waals surface area contributed by atoms with Gasteiger partial charge in [-0.1, -0.05) is 18.2 Å². The number of rotatable bonds is 3. The smallest absolute Gasteiger partial charge is 0.0492 e. The monoisotopic (exact) mass is 241 g/mol. The average molecular weight is 241 g/mol. The molecule has 1 aromatic heterocycles. The van der Waals surface area contributed by atoms with Crippen LogP contribution in [0.5, 0.6) is 0 Å². The Morgan fingerprint density at radius 1 is 1.33 bits per heavy atom. The lowest BCUT2D eigenvalue weighted by Crippen LogP contribution is -2.23. The Morgan fingerprint density at radius 2 is 2.22 bits per heavy atom. The van der Waals surface area contributed by atoms with E-state index in [1.165, 1.54) is 29.8 Å². The molecule has 1 atom stereocenters. The van der Waals surface area contributed by atoms with Gasteiger partial charge in [-0.3, -0.25) is 4.68 Å². The van der Waals surface area contributed by atoms with Crippen LogP contribution in [-0.2, 0) is 19.9 Å². The molecule has 0 spiro atoms. The lowest BCUT2D eigenvalue weighted by atomic mass is 9.90. The van der Waals surface area contributed by atoms with E-state index in [4.69, 9.17) is 0 Å². The van der Waals surface area contributed by atoms with Gasteiger partial charge in [0.2, 0.25) is 0 Å². The van der Waals surface area contributed by atoms with Crippen molar-refractivity contribution >= 4 is 5.69 Å². The first kappa shape index (κ1) is 11.3. The van der Waals surface area contributed by atoms with E-state index in [-0.39, 0.29) is 0 Å². The maximum Gasteiger partial charge on any atom is 0.0492 e. The molecule has 3 nitrogen and oxygen atoms in total. The number of fused-ring (bicyclic) bond motifs is 1. The van der Waals surface area contributed by atoms with Gasteiger partial charge in [0.15, 0.2) is 0 Å². The van der Waals surface area contributed by atoms with Crippen molar-refractivity contribution in [3.05, 3.63) is 47.8 Å². The largest absolute Gasteiger partial charge is 0.385 e. The number of aromatic nitrogens is 2. The number of anilines is 1. The van der Waals surface area contributed by atoms with Gasteiger partial charge >= 0.3 is 0 Å². The van der Waals surface area contributed by atoms with E-state index >= 15 is 0 Å². The van der Waals surface area contributed by atoms with Crippen molar-refractivity contribution in [2.24, 2.45) is 13.0 Å². The van der Waals surface area contributed by atoms with Gasteiger partial charge < -0.3 is 5.32 Å². The van der Waals surface area contributed by atoms with Crippen molar-refractivity contribution in [1.29, 1.82) is 0 Å². The van der Waals surface area contributed by atoms with Gasteiger partial charge in [0, 0.05) is 31.2 Å². The maximum absolute atomic E-state index is 4.22. The van der Waals surface area contributed by atoms with E-state index in [1.54, 1.807) is 0 Å². The van der Waals surface area contributed by atoms with Gasteiger partial charge in [0.05, 0.1) is 0 Å². The molecule has 1 aliphatic heterocycles. The van der Waals surface area contributed by atoms with Crippen molar-refractivity contribution in [2.45, 2.75) is 19.3 Å². The van der Waals surface area contributed by atoms with Crippen LogP contribution >= 0.6 is 0 Å². The number of hydrogen-bond acceptors (Lipinski definition) is 2. The summed E-state index contributed by atoms with van der Waals surface area (Å²) in [6, 6.07) is 10.8. The number of benzene rings is 1. The summed E-state index contributed by atoms with van der Waals surface area (Å²) in [7, 11) is 2.02. The van der Waals surface area contributed by atoms with E-state index < -0.39 is 0 Å². The van der Waals surface area contributed by atoms with Crippen LogP contribution in [0.15, 0.2) is 36.5 Å². The SMILES string of the molecule is Cn1nccc1CCC1CNc2ccccc2C1. The van der Waals surface area contributed by atoms with E-state index in [2.05, 4.69) is 40.7 Å². The molecule has 0 bridgehead atoms. The fraction of sp³-hybridized carbons (Fsp3) is 0.400. The molecule has 0 saturated carbocycles. The number of nitrogens with one attached hydrogen (secondary N) is 1. The van der Waals surface area contributed by atoms with Crippen LogP contribution in [0.3, 0.4) is 0 Å². The first-order valence-electron chi connectivity index (χ1n) is 6.61. The topological polar surface area (TPSA) is 29.9 Å². The first-order valence-corrected chi connectivity index (χ1v) is 6.61. The average Bonchev–Trinajstić information content (AvgIpc) is 2.82. The maximum atomic E-state index is 4.22. The second-order valence-electron chi connectivity index (χ2n) is 5.09. The summed E-state index contributed by atoms with van der Waals surface area (Å²) in [6.45, 7) is 1.09. The molecule has 0 fully saturated rings. The summed E-state index contributed by atoms with van der Waals surface area (Å²) >= 11 is 0. The van der Waals surface area contributed by atoms with Gasteiger partial charge in [-0.2, -0.15) is 5.10 Å². The molecule has 2 heterocycles. The number of para-hydroxylation sites is 1. The van der Waals surface area contributed by atoms with E-state index in [0.717, 1.165) is 18.9 Å². The Bertz CT molecular complexity index is 530. The zero-order valence-electron chi connectivity index (χ0n) is 10.8. The predicted molar refractivity (Wildman–Crippen MR) is 73.7 cm³/mol. The van der Waals surface area contributed by atoms with Crippen LogP contribution in [0.1, 0.15) is 17.7 Å². The van der Waals surface area contributed by atoms with Gasteiger partial charge in [-0.05, 0) is 42.9 Å². The molecule has 18 heavy (non-hydrogen) atoms. The summed E-state index contributed by atoms with van der Waals surface area (Å²) in [5, 5.41) is 7.75. The van der Waals surface area contributed by atoms with Crippen molar-refractivity contribution < 1.29 is 0 Å². The molecule has 3 rings (SSSR count). The first-order chi connectivity index (χ1) is 8.83. The number of hydrogen-bond donors (Lipinski definition) is 1. The Balaban J connectivity index is 1.61. The van der Waals surface area contributed by atoms with Gasteiger partial charge in [-0.15, -0.1) is 0 Å². The molecular weight excluding hydrogens is 222 g/mol. The Morgan fingerprint density at radius 3 is 3.06 bits per heavy atom. The fourth-order valence-corrected chi connectivity index (χ4v) is 2.71. The van der Waals surface area contributed by atoms with E-state index in [0.29, 0.717) is 0 Å². The van der Waals surface area contributed by atoms with Crippen molar-refractivity contribution in [3.8, 4) is 0 Å². The third-order valence-electron chi connectivity index (χ3n) is 3.84. The fourth-order valence-electron chi connectivity index (χ4n) is 2.71. The highest BCUT2D eigenvalue weighted by molar-refractivity contribution is 5.53. The second-order valence-corrected chi connectivity index (χ2v) is 5.09. The van der Waals surface area contributed by atoms with Crippen LogP contribution < -0.4 is 5.32 Å². The zero-order valence-corrected chi connectivity index (χ0v) is 10.8. The highest BCUT2D eigenvalue weighted by Gasteiger charge is 2.17. The Labute approximate surface area is 108 Å². The molecule has 1 aliphatic rings. The molecule has 0 amide bonds. The lowest BCUT2D eigenvalue weighted by Gasteiger charge is -2.26. The van der Waals surface area contributed by atoms with Crippen LogP contribution in [0, 0.1) is 5.92 Å². The molecule has 1 unspecified atom stereocenters. The second kappa shape index (κ2) is 4.84. The Hall–Kier alpha value is -1.77. The van der Waals surface area contributed by atoms with E-state index in [9.17, 15) is 0 Å². The minimum Gasteiger partial charge on any atom is -0.385 e. The lowest BCUT2D eigenvalue weighted by molar-refractivity contribution is 0.487. The summed E-state index contributed by atoms with van der Waals surface area (Å²) in [5.41, 5.74) is 4.10. The predicted octanol–water partition coefficient (Wildman–Crippen LogP) is 2.64. The summed E-state index contributed by atoms with van der Waals surface area (Å²) in [4.78, 5) is 0. The number of nitrogens with zero attached hydrogens (tertiary/aromatic N) is 2. The van der Waals surface area contributed by atoms with Crippen molar-refractivity contribution in [2.75, 3.05) is 11.9 Å². The third-order valence-corrected chi connectivity index (χ3v) is 3.84. The highest BCUT2D eigenvalue weighted by atomic mass is 15.2. The van der Waals surface area contributed by atoms with Crippen LogP contribution in [-0.4, -0.2) is 16.3 Å². The molecule has 3 heteroatoms. The standard InChI is InChI=1S/C15H19N3/c1-18-14(8-9-17-18)7-6-12-10-13-4-2-3-5-15(13)16-11-12/h2-5,8-9,12,16H,6-7,10-11H2,1H3. The quantitative estimate of drug-likeness (QED) is 0.895. The van der Waals surface area contributed by atoms with Crippen molar-refractivity contribution in [3.63, 3.8) is 0 Å². The van der Waals surface area contributed by atoms with Crippen LogP contribution in [0.2, 0.25) is 0 Å². The van der Waals surface area contributed by atoms with E-state index in [1.807, 2.05) is 17.9 Å². The molecule has 0 radical (unpaired) electrons. The summed E-state index contributed by atoms with van der Waals surface area (Å²) in [5.74, 6) is 0.731. The molecule has 0 saturated heterocycles. The molecule has 1 N–H and O–H groups in total. The molecular formula is C15H19N3. The molecule has 2 aromatic rings. The minimum atomic E-state index is 0.731.